The van der Waals surface area contributed by atoms with E-state index in [4.69, 9.17) is 28.4 Å². The molecule has 0 unspecified atom stereocenters. The highest BCUT2D eigenvalue weighted by Gasteiger charge is 1.93. The van der Waals surface area contributed by atoms with Gasteiger partial charge in [-0.05, 0) is 17.9 Å². The first kappa shape index (κ1) is 20.7. The topological polar surface area (TPSA) is 55.4 Å². The first-order chi connectivity index (χ1) is 12.0. The summed E-state index contributed by atoms with van der Waals surface area (Å²) in [5, 5.41) is 0. The van der Waals surface area contributed by atoms with Gasteiger partial charge in [-0.2, -0.15) is 0 Å². The minimum absolute atomic E-state index is 0.346. The van der Waals surface area contributed by atoms with Gasteiger partial charge in [0, 0.05) is 0 Å². The van der Waals surface area contributed by atoms with Crippen molar-refractivity contribution in [3.63, 3.8) is 0 Å². The Morgan fingerprint density at radius 2 is 1.04 bits per heavy atom. The molecule has 0 N–H and O–H groups in total. The zero-order chi connectivity index (χ0) is 17.0. The largest absolute Gasteiger partial charge is 0.377 e. The van der Waals surface area contributed by atoms with Crippen molar-refractivity contribution in [2.45, 2.75) is 0 Å². The lowest BCUT2D eigenvalue weighted by atomic mass is 10.5. The van der Waals surface area contributed by atoms with Gasteiger partial charge in [-0.3, -0.25) is 0 Å². The summed E-state index contributed by atoms with van der Waals surface area (Å²) in [5.74, 6) is 11.1. The van der Waals surface area contributed by atoms with Crippen molar-refractivity contribution < 1.29 is 28.4 Å². The highest BCUT2D eigenvalue weighted by atomic mass is 16.6. The molecule has 0 aromatic heterocycles. The summed E-state index contributed by atoms with van der Waals surface area (Å²) in [6.07, 6.45) is 3.56. The molecule has 1 aliphatic rings. The number of ether oxygens (including phenoxy) is 6. The van der Waals surface area contributed by atoms with E-state index < -0.39 is 0 Å². The van der Waals surface area contributed by atoms with Crippen molar-refractivity contribution >= 4 is 0 Å². The molecule has 0 radical (unpaired) electrons. The Balaban J connectivity index is 2.18. The van der Waals surface area contributed by atoms with Gasteiger partial charge in [0.05, 0.1) is 72.7 Å². The van der Waals surface area contributed by atoms with Crippen LogP contribution in [-0.4, -0.2) is 79.3 Å². The highest BCUT2D eigenvalue weighted by Crippen LogP contribution is 1.85. The van der Waals surface area contributed by atoms with Gasteiger partial charge < -0.3 is 28.4 Å². The van der Waals surface area contributed by atoms with Gasteiger partial charge in [0.1, 0.15) is 6.61 Å². The molecule has 0 bridgehead atoms. The zero-order valence-electron chi connectivity index (χ0n) is 14.1. The monoisotopic (exact) mass is 338 g/mol. The van der Waals surface area contributed by atoms with Gasteiger partial charge in [0.2, 0.25) is 0 Å². The molecular formula is C18H26O6. The second kappa shape index (κ2) is 18.0. The zero-order valence-corrected chi connectivity index (χ0v) is 14.1. The lowest BCUT2D eigenvalue weighted by Gasteiger charge is -2.07. The fourth-order valence-electron chi connectivity index (χ4n) is 1.54. The molecule has 0 aliphatic carbocycles. The second-order valence-corrected chi connectivity index (χ2v) is 4.55. The van der Waals surface area contributed by atoms with Crippen LogP contribution in [0.4, 0.5) is 0 Å². The Morgan fingerprint density at radius 3 is 1.62 bits per heavy atom. The minimum Gasteiger partial charge on any atom is -0.377 e. The molecule has 0 spiro atoms. The van der Waals surface area contributed by atoms with E-state index in [2.05, 4.69) is 23.7 Å². The Hall–Kier alpha value is -1.38. The highest BCUT2D eigenvalue weighted by molar-refractivity contribution is 5.30. The SMILES string of the molecule is C1#CC=CCOCCOCCOCCOCCOCCOCC#C1. The summed E-state index contributed by atoms with van der Waals surface area (Å²) in [6, 6.07) is 0. The second-order valence-electron chi connectivity index (χ2n) is 4.55. The van der Waals surface area contributed by atoms with Crippen LogP contribution in [0.25, 0.3) is 0 Å². The van der Waals surface area contributed by atoms with E-state index in [1.165, 1.54) is 0 Å². The van der Waals surface area contributed by atoms with Crippen molar-refractivity contribution in [2.24, 2.45) is 0 Å². The van der Waals surface area contributed by atoms with E-state index in [-0.39, 0.29) is 0 Å². The molecule has 0 aromatic rings. The van der Waals surface area contributed by atoms with Gasteiger partial charge in [0.25, 0.3) is 0 Å². The van der Waals surface area contributed by atoms with Crippen molar-refractivity contribution in [2.75, 3.05) is 79.3 Å². The van der Waals surface area contributed by atoms with Crippen molar-refractivity contribution in [3.8, 4) is 23.7 Å². The van der Waals surface area contributed by atoms with Crippen molar-refractivity contribution in [1.29, 1.82) is 0 Å². The first-order valence-electron chi connectivity index (χ1n) is 8.10. The fraction of sp³-hybridized carbons (Fsp3) is 0.667. The molecule has 1 aliphatic heterocycles. The van der Waals surface area contributed by atoms with Crippen LogP contribution in [0.15, 0.2) is 12.2 Å². The normalized spacial score (nSPS) is 20.7. The van der Waals surface area contributed by atoms with Gasteiger partial charge in [0.15, 0.2) is 0 Å². The van der Waals surface area contributed by atoms with E-state index >= 15 is 0 Å². The van der Waals surface area contributed by atoms with Crippen LogP contribution in [0.3, 0.4) is 0 Å². The van der Waals surface area contributed by atoms with Crippen LogP contribution in [0.2, 0.25) is 0 Å². The summed E-state index contributed by atoms with van der Waals surface area (Å²) >= 11 is 0. The quantitative estimate of drug-likeness (QED) is 0.605. The Morgan fingerprint density at radius 1 is 0.542 bits per heavy atom. The molecule has 0 atom stereocenters. The van der Waals surface area contributed by atoms with Crippen LogP contribution >= 0.6 is 0 Å². The standard InChI is InChI=1S/C18H26O6/c1-2-4-6-8-20-10-12-22-14-16-24-18-17-23-15-13-21-11-9-19-7-5-3-1/h3,5H,7-18H2. The smallest absolute Gasteiger partial charge is 0.108 e. The lowest BCUT2D eigenvalue weighted by Crippen LogP contribution is -2.14. The molecule has 0 amide bonds. The van der Waals surface area contributed by atoms with E-state index in [1.807, 2.05) is 6.08 Å². The summed E-state index contributed by atoms with van der Waals surface area (Å²) < 4.78 is 32.2. The van der Waals surface area contributed by atoms with Crippen molar-refractivity contribution in [1.82, 2.24) is 0 Å². The molecule has 1 heterocycles. The lowest BCUT2D eigenvalue weighted by molar-refractivity contribution is -0.0143. The first-order valence-corrected chi connectivity index (χ1v) is 8.10. The van der Waals surface area contributed by atoms with Crippen LogP contribution in [0.1, 0.15) is 0 Å². The molecule has 24 heavy (non-hydrogen) atoms. The summed E-state index contributed by atoms with van der Waals surface area (Å²) in [6.45, 7) is 6.23. The van der Waals surface area contributed by atoms with Crippen LogP contribution in [0.5, 0.6) is 0 Å². The predicted octanol–water partition coefficient (Wildman–Crippen LogP) is 0.663. The number of hydrogen-bond acceptors (Lipinski definition) is 6. The van der Waals surface area contributed by atoms with E-state index in [0.29, 0.717) is 79.3 Å². The number of rotatable bonds is 0. The van der Waals surface area contributed by atoms with Crippen LogP contribution < -0.4 is 0 Å². The minimum atomic E-state index is 0.346. The van der Waals surface area contributed by atoms with E-state index in [1.54, 1.807) is 6.08 Å². The molecule has 6 nitrogen and oxygen atoms in total. The molecule has 6 heteroatoms. The van der Waals surface area contributed by atoms with E-state index in [9.17, 15) is 0 Å². The number of allylic oxidation sites excluding steroid dienone is 1. The average molecular weight is 338 g/mol. The third-order valence-electron chi connectivity index (χ3n) is 2.67. The summed E-state index contributed by atoms with van der Waals surface area (Å²) in [5.41, 5.74) is 0. The van der Waals surface area contributed by atoms with E-state index in [0.717, 1.165) is 0 Å². The predicted molar refractivity (Wildman–Crippen MR) is 89.6 cm³/mol. The Kier molecular flexibility index (Phi) is 15.5. The van der Waals surface area contributed by atoms with Crippen molar-refractivity contribution in [3.05, 3.63) is 12.2 Å². The van der Waals surface area contributed by atoms with Gasteiger partial charge in [-0.15, -0.1) is 0 Å². The van der Waals surface area contributed by atoms with Gasteiger partial charge in [-0.1, -0.05) is 17.9 Å². The summed E-state index contributed by atoms with van der Waals surface area (Å²) in [7, 11) is 0. The van der Waals surface area contributed by atoms with Gasteiger partial charge >= 0.3 is 0 Å². The molecule has 0 aromatic carbocycles. The molecule has 0 saturated carbocycles. The average Bonchev–Trinajstić information content (AvgIpc) is 2.59. The van der Waals surface area contributed by atoms with Gasteiger partial charge in [-0.25, -0.2) is 0 Å². The molecule has 134 valence electrons. The molecule has 0 saturated heterocycles. The maximum absolute atomic E-state index is 5.38. The van der Waals surface area contributed by atoms with Crippen LogP contribution in [0, 0.1) is 23.7 Å². The van der Waals surface area contributed by atoms with Crippen LogP contribution in [-0.2, 0) is 28.4 Å². The third-order valence-corrected chi connectivity index (χ3v) is 2.67. The molecule has 0 fully saturated rings. The Labute approximate surface area is 144 Å². The third kappa shape index (κ3) is 15.5. The summed E-state index contributed by atoms with van der Waals surface area (Å²) in [4.78, 5) is 0. The fourth-order valence-corrected chi connectivity index (χ4v) is 1.54. The maximum Gasteiger partial charge on any atom is 0.108 e. The Bertz CT molecular complexity index is 426. The number of hydrogen-bond donors (Lipinski definition) is 0. The molecule has 1 rings (SSSR count). The maximum atomic E-state index is 5.38. The molecular weight excluding hydrogens is 312 g/mol.